The molecule has 0 bridgehead atoms. The Morgan fingerprint density at radius 2 is 2.18 bits per heavy atom. The van der Waals surface area contributed by atoms with Gasteiger partial charge in [-0.2, -0.15) is 13.2 Å². The van der Waals surface area contributed by atoms with Crippen LogP contribution in [-0.2, 0) is 17.8 Å². The third-order valence-corrected chi connectivity index (χ3v) is 2.16. The maximum Gasteiger partial charge on any atom is 0.396 e. The van der Waals surface area contributed by atoms with Crippen molar-refractivity contribution in [2.24, 2.45) is 5.92 Å². The van der Waals surface area contributed by atoms with Gasteiger partial charge in [-0.25, -0.2) is 4.68 Å². The third kappa shape index (κ3) is 4.37. The van der Waals surface area contributed by atoms with Gasteiger partial charge in [-0.1, -0.05) is 6.92 Å². The topological polar surface area (TPSA) is 80.9 Å². The zero-order valence-electron chi connectivity index (χ0n) is 8.98. The number of carboxylic acids is 1. The molecule has 0 amide bonds. The molecule has 1 atom stereocenters. The van der Waals surface area contributed by atoms with Crippen LogP contribution in [-0.4, -0.2) is 37.5 Å². The van der Waals surface area contributed by atoms with Crippen molar-refractivity contribution in [3.63, 3.8) is 0 Å². The average molecular weight is 252 g/mol. The minimum atomic E-state index is -4.38. The van der Waals surface area contributed by atoms with E-state index in [9.17, 15) is 18.0 Å². The molecule has 0 saturated carbocycles. The van der Waals surface area contributed by atoms with Crippen LogP contribution < -0.4 is 0 Å². The first-order chi connectivity index (χ1) is 7.79. The number of carboxylic acid groups (broad SMARTS) is 1. The second-order valence-corrected chi connectivity index (χ2v) is 3.64. The van der Waals surface area contributed by atoms with Crippen molar-refractivity contribution in [3.8, 4) is 0 Å². The van der Waals surface area contributed by atoms with E-state index in [1.165, 1.54) is 6.92 Å². The number of aliphatic carboxylic acids is 1. The first-order valence-electron chi connectivity index (χ1n) is 4.84. The van der Waals surface area contributed by atoms with E-state index in [0.717, 1.165) is 4.68 Å². The van der Waals surface area contributed by atoms with Gasteiger partial charge in [0.25, 0.3) is 0 Å². The van der Waals surface area contributed by atoms with E-state index >= 15 is 0 Å². The van der Waals surface area contributed by atoms with E-state index in [-0.39, 0.29) is 18.8 Å². The van der Waals surface area contributed by atoms with Crippen molar-refractivity contribution in [1.82, 2.24) is 20.2 Å². The highest BCUT2D eigenvalue weighted by molar-refractivity contribution is 5.69. The first kappa shape index (κ1) is 13.4. The van der Waals surface area contributed by atoms with E-state index in [1.54, 1.807) is 0 Å². The molecular formula is C8H11F3N4O2. The lowest BCUT2D eigenvalue weighted by Crippen LogP contribution is -2.19. The molecule has 0 aliphatic carbocycles. The van der Waals surface area contributed by atoms with Crippen molar-refractivity contribution < 1.29 is 23.1 Å². The van der Waals surface area contributed by atoms with Gasteiger partial charge < -0.3 is 5.11 Å². The Morgan fingerprint density at radius 1 is 1.53 bits per heavy atom. The molecule has 1 aromatic heterocycles. The van der Waals surface area contributed by atoms with Gasteiger partial charge in [-0.3, -0.25) is 4.79 Å². The summed E-state index contributed by atoms with van der Waals surface area (Å²) in [5.41, 5.74) is 0. The van der Waals surface area contributed by atoms with Gasteiger partial charge in [0.05, 0.1) is 5.92 Å². The van der Waals surface area contributed by atoms with E-state index in [2.05, 4.69) is 15.5 Å². The minimum Gasteiger partial charge on any atom is -0.481 e. The van der Waals surface area contributed by atoms with Crippen LogP contribution in [0.5, 0.6) is 0 Å². The number of tetrazole rings is 1. The van der Waals surface area contributed by atoms with Gasteiger partial charge in [0.1, 0.15) is 6.42 Å². The number of rotatable bonds is 5. The molecule has 0 radical (unpaired) electrons. The fourth-order valence-corrected chi connectivity index (χ4v) is 1.14. The number of aromatic nitrogens is 4. The predicted molar refractivity (Wildman–Crippen MR) is 49.0 cm³/mol. The summed E-state index contributed by atoms with van der Waals surface area (Å²) in [5.74, 6) is -1.97. The molecule has 96 valence electrons. The number of hydrogen-bond acceptors (Lipinski definition) is 4. The summed E-state index contributed by atoms with van der Waals surface area (Å²) in [4.78, 5) is 10.5. The van der Waals surface area contributed by atoms with Crippen LogP contribution in [0.1, 0.15) is 19.2 Å². The van der Waals surface area contributed by atoms with Crippen molar-refractivity contribution in [1.29, 1.82) is 0 Å². The SMILES string of the molecule is CC(CCn1nnnc1CC(F)(F)F)C(=O)O. The van der Waals surface area contributed by atoms with Crippen LogP contribution in [0.25, 0.3) is 0 Å². The second-order valence-electron chi connectivity index (χ2n) is 3.64. The molecule has 1 unspecified atom stereocenters. The summed E-state index contributed by atoms with van der Waals surface area (Å²) in [6.07, 6.45) is -5.43. The average Bonchev–Trinajstić information content (AvgIpc) is 2.58. The fourth-order valence-electron chi connectivity index (χ4n) is 1.14. The Bertz CT molecular complexity index is 390. The Labute approximate surface area is 94.4 Å². The van der Waals surface area contributed by atoms with Crippen LogP contribution in [0, 0.1) is 5.92 Å². The van der Waals surface area contributed by atoms with Crippen LogP contribution >= 0.6 is 0 Å². The number of halogens is 3. The molecular weight excluding hydrogens is 241 g/mol. The maximum absolute atomic E-state index is 12.1. The molecule has 9 heteroatoms. The highest BCUT2D eigenvalue weighted by atomic mass is 19.4. The summed E-state index contributed by atoms with van der Waals surface area (Å²) in [6.45, 7) is 1.52. The Morgan fingerprint density at radius 3 is 2.71 bits per heavy atom. The van der Waals surface area contributed by atoms with Crippen LogP contribution in [0.4, 0.5) is 13.2 Å². The standard InChI is InChI=1S/C8H11F3N4O2/c1-5(7(16)17)2-3-15-6(12-13-14-15)4-8(9,10)11/h5H,2-4H2,1H3,(H,16,17). The largest absolute Gasteiger partial charge is 0.481 e. The number of aryl methyl sites for hydroxylation is 1. The lowest BCUT2D eigenvalue weighted by molar-refractivity contribution is -0.141. The molecule has 1 heterocycles. The number of carbonyl (C=O) groups is 1. The van der Waals surface area contributed by atoms with Crippen molar-refractivity contribution >= 4 is 5.97 Å². The number of hydrogen-bond donors (Lipinski definition) is 1. The molecule has 1 aromatic rings. The molecule has 0 aliphatic rings. The minimum absolute atomic E-state index is 0.0475. The van der Waals surface area contributed by atoms with Crippen LogP contribution in [0.3, 0.4) is 0 Å². The van der Waals surface area contributed by atoms with Crippen LogP contribution in [0.15, 0.2) is 0 Å². The first-order valence-corrected chi connectivity index (χ1v) is 4.84. The Hall–Kier alpha value is -1.67. The summed E-state index contributed by atoms with van der Waals surface area (Å²) in [6, 6.07) is 0. The Kier molecular flexibility index (Phi) is 4.02. The molecule has 6 nitrogen and oxygen atoms in total. The summed E-state index contributed by atoms with van der Waals surface area (Å²) in [5, 5.41) is 18.4. The van der Waals surface area contributed by atoms with E-state index in [4.69, 9.17) is 5.11 Å². The third-order valence-electron chi connectivity index (χ3n) is 2.16. The second kappa shape index (κ2) is 5.11. The van der Waals surface area contributed by atoms with Crippen molar-refractivity contribution in [2.75, 3.05) is 0 Å². The molecule has 0 aromatic carbocycles. The lowest BCUT2D eigenvalue weighted by atomic mass is 10.1. The van der Waals surface area contributed by atoms with Crippen molar-refractivity contribution in [2.45, 2.75) is 32.5 Å². The summed E-state index contributed by atoms with van der Waals surface area (Å²) >= 11 is 0. The quantitative estimate of drug-likeness (QED) is 0.841. The lowest BCUT2D eigenvalue weighted by Gasteiger charge is -2.08. The Balaban J connectivity index is 2.60. The van der Waals surface area contributed by atoms with Crippen molar-refractivity contribution in [3.05, 3.63) is 5.82 Å². The van der Waals surface area contributed by atoms with Gasteiger partial charge >= 0.3 is 12.1 Å². The van der Waals surface area contributed by atoms with E-state index in [0.29, 0.717) is 0 Å². The van der Waals surface area contributed by atoms with Gasteiger partial charge in [-0.15, -0.1) is 5.10 Å². The molecule has 0 fully saturated rings. The predicted octanol–water partition coefficient (Wildman–Crippen LogP) is 0.889. The highest BCUT2D eigenvalue weighted by Gasteiger charge is 2.31. The maximum atomic E-state index is 12.1. The monoisotopic (exact) mass is 252 g/mol. The van der Waals surface area contributed by atoms with Gasteiger partial charge in [0, 0.05) is 6.54 Å². The van der Waals surface area contributed by atoms with Gasteiger partial charge in [0.15, 0.2) is 5.82 Å². The van der Waals surface area contributed by atoms with E-state index < -0.39 is 24.5 Å². The highest BCUT2D eigenvalue weighted by Crippen LogP contribution is 2.19. The molecule has 17 heavy (non-hydrogen) atoms. The van der Waals surface area contributed by atoms with Gasteiger partial charge in [0.2, 0.25) is 0 Å². The fraction of sp³-hybridized carbons (Fsp3) is 0.750. The van der Waals surface area contributed by atoms with Gasteiger partial charge in [-0.05, 0) is 16.8 Å². The molecule has 1 N–H and O–H groups in total. The van der Waals surface area contributed by atoms with E-state index in [1.807, 2.05) is 0 Å². The van der Waals surface area contributed by atoms with Crippen LogP contribution in [0.2, 0.25) is 0 Å². The molecule has 0 spiro atoms. The summed E-state index contributed by atoms with van der Waals surface area (Å²) in [7, 11) is 0. The zero-order chi connectivity index (χ0) is 13.1. The normalized spacial score (nSPS) is 13.6. The molecule has 1 rings (SSSR count). The zero-order valence-corrected chi connectivity index (χ0v) is 8.98. The number of alkyl halides is 3. The number of nitrogens with zero attached hydrogens (tertiary/aromatic N) is 4. The molecule has 0 saturated heterocycles. The smallest absolute Gasteiger partial charge is 0.396 e. The molecule has 0 aliphatic heterocycles. The summed E-state index contributed by atoms with van der Waals surface area (Å²) < 4.78 is 37.3.